The largest absolute Gasteiger partial charge is 0.388 e. The summed E-state index contributed by atoms with van der Waals surface area (Å²) in [6.07, 6.45) is 4.56. The van der Waals surface area contributed by atoms with Crippen LogP contribution in [0, 0.1) is 0 Å². The van der Waals surface area contributed by atoms with Crippen LogP contribution in [-0.2, 0) is 0 Å². The van der Waals surface area contributed by atoms with E-state index in [2.05, 4.69) is 56.4 Å². The van der Waals surface area contributed by atoms with Crippen LogP contribution in [0.15, 0.2) is 47.1 Å². The first-order valence-electron chi connectivity index (χ1n) is 6.64. The van der Waals surface area contributed by atoms with Gasteiger partial charge in [-0.05, 0) is 45.3 Å². The Kier molecular flexibility index (Phi) is 3.85. The lowest BCUT2D eigenvalue weighted by Gasteiger charge is -2.15. The topological polar surface area (TPSA) is 24.4 Å². The second kappa shape index (κ2) is 5.38. The van der Waals surface area contributed by atoms with Crippen LogP contribution < -0.4 is 5.32 Å². The number of rotatable bonds is 2. The molecule has 1 heterocycles. The number of benzene rings is 1. The van der Waals surface area contributed by atoms with Crippen molar-refractivity contribution in [1.82, 2.24) is 5.32 Å². The third kappa shape index (κ3) is 3.73. The molecule has 0 bridgehead atoms. The number of nitrogens with zero attached hydrogens (tertiary/aromatic N) is 1. The molecule has 2 nitrogen and oxygen atoms in total. The molecule has 0 atom stereocenters. The molecule has 18 heavy (non-hydrogen) atoms. The summed E-state index contributed by atoms with van der Waals surface area (Å²) in [4.78, 5) is 4.84. The van der Waals surface area contributed by atoms with E-state index in [0.29, 0.717) is 0 Å². The van der Waals surface area contributed by atoms with Crippen LogP contribution in [0.5, 0.6) is 0 Å². The molecule has 1 aromatic rings. The first kappa shape index (κ1) is 12.9. The number of hydrogen-bond acceptors (Lipinski definition) is 2. The van der Waals surface area contributed by atoms with Gasteiger partial charge in [-0.2, -0.15) is 0 Å². The molecule has 0 aromatic heterocycles. The molecule has 1 aromatic carbocycles. The highest BCUT2D eigenvalue weighted by Crippen LogP contribution is 2.15. The zero-order valence-corrected chi connectivity index (χ0v) is 11.5. The van der Waals surface area contributed by atoms with E-state index in [4.69, 9.17) is 4.99 Å². The van der Waals surface area contributed by atoms with Crippen molar-refractivity contribution in [2.45, 2.75) is 39.2 Å². The Bertz CT molecular complexity index is 442. The molecule has 1 N–H and O–H groups in total. The van der Waals surface area contributed by atoms with Gasteiger partial charge < -0.3 is 5.32 Å². The third-order valence-corrected chi connectivity index (χ3v) is 2.81. The van der Waals surface area contributed by atoms with Crippen LogP contribution in [-0.4, -0.2) is 17.8 Å². The molecular formula is C16H22N2. The molecule has 2 heteroatoms. The summed E-state index contributed by atoms with van der Waals surface area (Å²) in [5, 5.41) is 3.42. The van der Waals surface area contributed by atoms with Crippen LogP contribution in [0.25, 0.3) is 0 Å². The van der Waals surface area contributed by atoms with Gasteiger partial charge in [0.15, 0.2) is 0 Å². The minimum Gasteiger partial charge on any atom is -0.388 e. The summed E-state index contributed by atoms with van der Waals surface area (Å²) in [6.45, 7) is 7.49. The smallest absolute Gasteiger partial charge is 0.0670 e. The van der Waals surface area contributed by atoms with E-state index in [1.54, 1.807) is 0 Å². The molecule has 1 aliphatic rings. The second-order valence-electron chi connectivity index (χ2n) is 5.73. The molecule has 0 unspecified atom stereocenters. The predicted molar refractivity (Wildman–Crippen MR) is 78.1 cm³/mol. The van der Waals surface area contributed by atoms with Gasteiger partial charge in [-0.15, -0.1) is 0 Å². The van der Waals surface area contributed by atoms with E-state index in [1.165, 1.54) is 17.7 Å². The van der Waals surface area contributed by atoms with Gasteiger partial charge in [0, 0.05) is 12.2 Å². The Morgan fingerprint density at radius 2 is 1.94 bits per heavy atom. The van der Waals surface area contributed by atoms with Crippen molar-refractivity contribution >= 4 is 5.71 Å². The zero-order valence-electron chi connectivity index (χ0n) is 11.5. The van der Waals surface area contributed by atoms with Crippen molar-refractivity contribution in [1.29, 1.82) is 0 Å². The van der Waals surface area contributed by atoms with E-state index in [0.717, 1.165) is 18.7 Å². The maximum atomic E-state index is 4.84. The first-order valence-corrected chi connectivity index (χ1v) is 6.64. The highest BCUT2D eigenvalue weighted by Gasteiger charge is 2.12. The van der Waals surface area contributed by atoms with Crippen molar-refractivity contribution < 1.29 is 0 Å². The summed E-state index contributed by atoms with van der Waals surface area (Å²) in [5.41, 5.74) is 3.52. The number of aliphatic imine (C=N–C) groups is 1. The molecule has 1 aliphatic heterocycles. The van der Waals surface area contributed by atoms with Gasteiger partial charge >= 0.3 is 0 Å². The lowest BCUT2D eigenvalue weighted by atomic mass is 10.1. The van der Waals surface area contributed by atoms with Crippen LogP contribution in [0.1, 0.15) is 39.2 Å². The Morgan fingerprint density at radius 1 is 1.22 bits per heavy atom. The van der Waals surface area contributed by atoms with Crippen LogP contribution >= 0.6 is 0 Å². The van der Waals surface area contributed by atoms with E-state index in [-0.39, 0.29) is 5.54 Å². The van der Waals surface area contributed by atoms with E-state index in [9.17, 15) is 0 Å². The van der Waals surface area contributed by atoms with Gasteiger partial charge in [-0.25, -0.2) is 0 Å². The maximum Gasteiger partial charge on any atom is 0.0670 e. The van der Waals surface area contributed by atoms with Crippen LogP contribution in [0.3, 0.4) is 0 Å². The average Bonchev–Trinajstić information content (AvgIpc) is 2.80. The fourth-order valence-corrected chi connectivity index (χ4v) is 2.05. The highest BCUT2D eigenvalue weighted by atomic mass is 14.9. The van der Waals surface area contributed by atoms with E-state index in [1.807, 2.05) is 6.07 Å². The van der Waals surface area contributed by atoms with Gasteiger partial charge in [0.1, 0.15) is 0 Å². The lowest BCUT2D eigenvalue weighted by molar-refractivity contribution is 0.584. The van der Waals surface area contributed by atoms with E-state index < -0.39 is 0 Å². The molecule has 1 fully saturated rings. The Labute approximate surface area is 110 Å². The first-order chi connectivity index (χ1) is 8.54. The monoisotopic (exact) mass is 242 g/mol. The predicted octanol–water partition coefficient (Wildman–Crippen LogP) is 3.54. The molecule has 96 valence electrons. The molecule has 2 rings (SSSR count). The maximum absolute atomic E-state index is 4.84. The quantitative estimate of drug-likeness (QED) is 0.788. The zero-order chi connectivity index (χ0) is 13.0. The minimum atomic E-state index is -0.0547. The molecule has 1 saturated heterocycles. The van der Waals surface area contributed by atoms with Crippen molar-refractivity contribution in [3.05, 3.63) is 47.7 Å². The second-order valence-corrected chi connectivity index (χ2v) is 5.73. The van der Waals surface area contributed by atoms with Crippen molar-refractivity contribution in [3.63, 3.8) is 0 Å². The van der Waals surface area contributed by atoms with Crippen molar-refractivity contribution in [2.75, 3.05) is 6.54 Å². The standard InChI is InChI=1S/C16H22N2/c1-16(2,3)18-15(12-14-10-7-11-17-14)13-8-5-4-6-9-13/h4-6,8-9,12,17H,7,10-11H2,1-3H3/b14-12-,18-15?. The fourth-order valence-electron chi connectivity index (χ4n) is 2.05. The van der Waals surface area contributed by atoms with Gasteiger partial charge in [0.05, 0.1) is 11.3 Å². The SMILES string of the molecule is CC(C)(C)N=C(/C=C1/CCCN1)c1ccccc1. The number of nitrogens with one attached hydrogen (secondary N) is 1. The molecule has 0 radical (unpaired) electrons. The Hall–Kier alpha value is -1.57. The number of hydrogen-bond donors (Lipinski definition) is 1. The molecule has 0 amide bonds. The molecule has 0 aliphatic carbocycles. The highest BCUT2D eigenvalue weighted by molar-refractivity contribution is 6.09. The fraction of sp³-hybridized carbons (Fsp3) is 0.438. The summed E-state index contributed by atoms with van der Waals surface area (Å²) in [6, 6.07) is 10.4. The van der Waals surface area contributed by atoms with Gasteiger partial charge in [0.25, 0.3) is 0 Å². The lowest BCUT2D eigenvalue weighted by Crippen LogP contribution is -2.15. The summed E-state index contributed by atoms with van der Waals surface area (Å²) < 4.78 is 0. The van der Waals surface area contributed by atoms with Gasteiger partial charge in [0.2, 0.25) is 0 Å². The summed E-state index contributed by atoms with van der Waals surface area (Å²) >= 11 is 0. The molecule has 0 saturated carbocycles. The molecule has 0 spiro atoms. The van der Waals surface area contributed by atoms with Crippen LogP contribution in [0.4, 0.5) is 0 Å². The van der Waals surface area contributed by atoms with Gasteiger partial charge in [-0.3, -0.25) is 4.99 Å². The van der Waals surface area contributed by atoms with E-state index >= 15 is 0 Å². The van der Waals surface area contributed by atoms with Crippen LogP contribution in [0.2, 0.25) is 0 Å². The van der Waals surface area contributed by atoms with Gasteiger partial charge in [-0.1, -0.05) is 30.3 Å². The summed E-state index contributed by atoms with van der Waals surface area (Å²) in [7, 11) is 0. The number of allylic oxidation sites excluding steroid dienone is 2. The minimum absolute atomic E-state index is 0.0547. The van der Waals surface area contributed by atoms with Crippen molar-refractivity contribution in [3.8, 4) is 0 Å². The summed E-state index contributed by atoms with van der Waals surface area (Å²) in [5.74, 6) is 0. The van der Waals surface area contributed by atoms with Crippen molar-refractivity contribution in [2.24, 2.45) is 4.99 Å². The molecular weight excluding hydrogens is 220 g/mol. The Morgan fingerprint density at radius 3 is 2.50 bits per heavy atom. The third-order valence-electron chi connectivity index (χ3n) is 2.81. The normalized spacial score (nSPS) is 19.1. The average molecular weight is 242 g/mol. The Balaban J connectivity index is 2.35.